The van der Waals surface area contributed by atoms with E-state index in [4.69, 9.17) is 0 Å². The molecule has 1 aromatic heterocycles. The van der Waals surface area contributed by atoms with Crippen LogP contribution < -0.4 is 0 Å². The van der Waals surface area contributed by atoms with Crippen molar-refractivity contribution in [3.05, 3.63) is 17.5 Å². The zero-order valence-electron chi connectivity index (χ0n) is 12.8. The summed E-state index contributed by atoms with van der Waals surface area (Å²) in [5, 5.41) is 14.0. The van der Waals surface area contributed by atoms with Gasteiger partial charge in [0, 0.05) is 5.69 Å². The average Bonchev–Trinajstić information content (AvgIpc) is 2.66. The van der Waals surface area contributed by atoms with E-state index in [-0.39, 0.29) is 12.0 Å². The summed E-state index contributed by atoms with van der Waals surface area (Å²) in [4.78, 5) is 0. The summed E-state index contributed by atoms with van der Waals surface area (Å²) < 4.78 is 2.10. The number of nitrogens with zero attached hydrogens (tertiary/aromatic N) is 3. The Morgan fingerprint density at radius 3 is 2.47 bits per heavy atom. The normalized spacial score (nSPS) is 28.1. The van der Waals surface area contributed by atoms with E-state index in [1.807, 2.05) is 6.92 Å². The molecule has 0 bridgehead atoms. The molecule has 104 valence electrons. The standard InChI is InChI=1S/C16H25N3/c1-11-8-12(2)19(18-11)15-9-14(16(3,4)5)7-6-13(15)10-17/h8,13-15H,6-7,9H2,1-5H3. The van der Waals surface area contributed by atoms with E-state index in [1.165, 1.54) is 5.69 Å². The number of rotatable bonds is 1. The fraction of sp³-hybridized carbons (Fsp3) is 0.750. The molecule has 1 heterocycles. The second-order valence-corrected chi connectivity index (χ2v) is 7.05. The van der Waals surface area contributed by atoms with Crippen molar-refractivity contribution in [1.82, 2.24) is 9.78 Å². The van der Waals surface area contributed by atoms with Crippen LogP contribution in [0.5, 0.6) is 0 Å². The highest BCUT2D eigenvalue weighted by atomic mass is 15.3. The molecule has 1 fully saturated rings. The SMILES string of the molecule is Cc1cc(C)n(C2CC(C(C)(C)C)CCC2C#N)n1. The third-order valence-electron chi connectivity index (χ3n) is 4.57. The monoisotopic (exact) mass is 259 g/mol. The first-order valence-corrected chi connectivity index (χ1v) is 7.25. The van der Waals surface area contributed by atoms with Gasteiger partial charge in [0.1, 0.15) is 0 Å². The second kappa shape index (κ2) is 5.00. The molecular formula is C16H25N3. The van der Waals surface area contributed by atoms with Gasteiger partial charge < -0.3 is 0 Å². The van der Waals surface area contributed by atoms with Crippen molar-refractivity contribution in [2.75, 3.05) is 0 Å². The molecular weight excluding hydrogens is 234 g/mol. The molecule has 0 aliphatic heterocycles. The van der Waals surface area contributed by atoms with Gasteiger partial charge in [0.2, 0.25) is 0 Å². The summed E-state index contributed by atoms with van der Waals surface area (Å²) in [6, 6.07) is 4.85. The summed E-state index contributed by atoms with van der Waals surface area (Å²) in [6.45, 7) is 11.0. The molecule has 1 aliphatic carbocycles. The van der Waals surface area contributed by atoms with Gasteiger partial charge in [-0.2, -0.15) is 10.4 Å². The van der Waals surface area contributed by atoms with Gasteiger partial charge in [0.05, 0.1) is 23.7 Å². The summed E-state index contributed by atoms with van der Waals surface area (Å²) in [6.07, 6.45) is 3.24. The maximum Gasteiger partial charge on any atom is 0.0688 e. The van der Waals surface area contributed by atoms with Crippen LogP contribution in [0.4, 0.5) is 0 Å². The van der Waals surface area contributed by atoms with Crippen molar-refractivity contribution in [1.29, 1.82) is 5.26 Å². The Labute approximate surface area is 116 Å². The van der Waals surface area contributed by atoms with E-state index in [0.717, 1.165) is 25.0 Å². The van der Waals surface area contributed by atoms with E-state index in [2.05, 4.69) is 49.6 Å². The minimum atomic E-state index is 0.108. The molecule has 3 atom stereocenters. The Morgan fingerprint density at radius 2 is 2.00 bits per heavy atom. The summed E-state index contributed by atoms with van der Waals surface area (Å²) in [5.74, 6) is 0.780. The van der Waals surface area contributed by atoms with Gasteiger partial charge in [-0.3, -0.25) is 4.68 Å². The van der Waals surface area contributed by atoms with Crippen LogP contribution in [-0.2, 0) is 0 Å². The van der Waals surface area contributed by atoms with E-state index in [1.54, 1.807) is 0 Å². The number of nitriles is 1. The molecule has 1 saturated carbocycles. The van der Waals surface area contributed by atoms with Gasteiger partial charge >= 0.3 is 0 Å². The Balaban J connectivity index is 2.29. The van der Waals surface area contributed by atoms with Gasteiger partial charge in [-0.05, 0) is 50.5 Å². The lowest BCUT2D eigenvalue weighted by atomic mass is 9.68. The lowest BCUT2D eigenvalue weighted by molar-refractivity contribution is 0.115. The fourth-order valence-electron chi connectivity index (χ4n) is 3.34. The van der Waals surface area contributed by atoms with Crippen LogP contribution in [0.15, 0.2) is 6.07 Å². The van der Waals surface area contributed by atoms with Crippen molar-refractivity contribution in [3.63, 3.8) is 0 Å². The molecule has 0 saturated heterocycles. The van der Waals surface area contributed by atoms with E-state index in [0.29, 0.717) is 11.3 Å². The highest BCUT2D eigenvalue weighted by Crippen LogP contribution is 2.44. The molecule has 19 heavy (non-hydrogen) atoms. The van der Waals surface area contributed by atoms with Crippen molar-refractivity contribution in [3.8, 4) is 6.07 Å². The Bertz CT molecular complexity index is 487. The number of hydrogen-bond acceptors (Lipinski definition) is 2. The maximum atomic E-state index is 9.42. The van der Waals surface area contributed by atoms with Crippen LogP contribution in [0.25, 0.3) is 0 Å². The molecule has 0 radical (unpaired) electrons. The molecule has 3 nitrogen and oxygen atoms in total. The molecule has 3 heteroatoms. The first-order chi connectivity index (χ1) is 8.82. The summed E-state index contributed by atoms with van der Waals surface area (Å²) in [5.41, 5.74) is 2.54. The van der Waals surface area contributed by atoms with Crippen LogP contribution in [0.1, 0.15) is 57.5 Å². The van der Waals surface area contributed by atoms with Gasteiger partial charge in [0.25, 0.3) is 0 Å². The Morgan fingerprint density at radius 1 is 1.32 bits per heavy atom. The first kappa shape index (κ1) is 14.1. The molecule has 0 amide bonds. The molecule has 2 rings (SSSR count). The predicted octanol–water partition coefficient (Wildman–Crippen LogP) is 4.03. The lowest BCUT2D eigenvalue weighted by Crippen LogP contribution is -2.33. The number of aryl methyl sites for hydroxylation is 2. The van der Waals surface area contributed by atoms with Crippen LogP contribution >= 0.6 is 0 Å². The molecule has 1 aliphatic rings. The van der Waals surface area contributed by atoms with E-state index in [9.17, 15) is 5.26 Å². The highest BCUT2D eigenvalue weighted by Gasteiger charge is 2.37. The maximum absolute atomic E-state index is 9.42. The van der Waals surface area contributed by atoms with Crippen LogP contribution in [0.2, 0.25) is 0 Å². The highest BCUT2D eigenvalue weighted by molar-refractivity contribution is 5.10. The van der Waals surface area contributed by atoms with Gasteiger partial charge in [-0.15, -0.1) is 0 Å². The molecule has 3 unspecified atom stereocenters. The van der Waals surface area contributed by atoms with Gasteiger partial charge in [-0.25, -0.2) is 0 Å². The second-order valence-electron chi connectivity index (χ2n) is 7.05. The minimum Gasteiger partial charge on any atom is -0.265 e. The van der Waals surface area contributed by atoms with E-state index >= 15 is 0 Å². The molecule has 0 N–H and O–H groups in total. The predicted molar refractivity (Wildman–Crippen MR) is 76.6 cm³/mol. The summed E-state index contributed by atoms with van der Waals surface area (Å²) >= 11 is 0. The van der Waals surface area contributed by atoms with Crippen molar-refractivity contribution in [2.45, 2.75) is 59.9 Å². The molecule has 0 spiro atoms. The largest absolute Gasteiger partial charge is 0.265 e. The number of hydrogen-bond donors (Lipinski definition) is 0. The minimum absolute atomic E-state index is 0.108. The van der Waals surface area contributed by atoms with Crippen molar-refractivity contribution >= 4 is 0 Å². The Hall–Kier alpha value is -1.30. The topological polar surface area (TPSA) is 41.6 Å². The van der Waals surface area contributed by atoms with Crippen molar-refractivity contribution < 1.29 is 0 Å². The van der Waals surface area contributed by atoms with Gasteiger partial charge in [-0.1, -0.05) is 20.8 Å². The molecule has 0 aromatic carbocycles. The third kappa shape index (κ3) is 2.83. The van der Waals surface area contributed by atoms with E-state index < -0.39 is 0 Å². The van der Waals surface area contributed by atoms with Crippen LogP contribution in [0, 0.1) is 42.4 Å². The van der Waals surface area contributed by atoms with Crippen LogP contribution in [-0.4, -0.2) is 9.78 Å². The first-order valence-electron chi connectivity index (χ1n) is 7.25. The Kier molecular flexibility index (Phi) is 3.71. The third-order valence-corrected chi connectivity index (χ3v) is 4.57. The smallest absolute Gasteiger partial charge is 0.0688 e. The quantitative estimate of drug-likeness (QED) is 0.764. The zero-order chi connectivity index (χ0) is 14.2. The van der Waals surface area contributed by atoms with Crippen molar-refractivity contribution in [2.24, 2.45) is 17.3 Å². The van der Waals surface area contributed by atoms with Crippen LogP contribution in [0.3, 0.4) is 0 Å². The fourth-order valence-corrected chi connectivity index (χ4v) is 3.34. The summed E-state index contributed by atoms with van der Waals surface area (Å²) in [7, 11) is 0. The number of aromatic nitrogens is 2. The average molecular weight is 259 g/mol. The van der Waals surface area contributed by atoms with Gasteiger partial charge in [0.15, 0.2) is 0 Å². The molecule has 1 aromatic rings. The lowest BCUT2D eigenvalue weighted by Gasteiger charge is -2.40. The zero-order valence-corrected chi connectivity index (χ0v) is 12.8.